The number of aryl methyl sites for hydroxylation is 1. The van der Waals surface area contributed by atoms with Gasteiger partial charge in [-0.1, -0.05) is 22.0 Å². The molecule has 0 fully saturated rings. The quantitative estimate of drug-likeness (QED) is 0.669. The summed E-state index contributed by atoms with van der Waals surface area (Å²) in [6.45, 7) is 6.01. The van der Waals surface area contributed by atoms with Crippen LogP contribution in [0.5, 0.6) is 0 Å². The van der Waals surface area contributed by atoms with Crippen LogP contribution in [0, 0.1) is 6.92 Å². The number of ether oxygens (including phenoxy) is 3. The van der Waals surface area contributed by atoms with Crippen molar-refractivity contribution < 1.29 is 14.2 Å². The Morgan fingerprint density at radius 1 is 1.05 bits per heavy atom. The fourth-order valence-electron chi connectivity index (χ4n) is 1.51. The van der Waals surface area contributed by atoms with Crippen LogP contribution in [0.2, 0.25) is 0 Å². The second-order valence-corrected chi connectivity index (χ2v) is 5.02. The van der Waals surface area contributed by atoms with Crippen LogP contribution in [0.4, 0.5) is 5.69 Å². The highest BCUT2D eigenvalue weighted by Crippen LogP contribution is 2.20. The monoisotopic (exact) mass is 331 g/mol. The second kappa shape index (κ2) is 10.2. The van der Waals surface area contributed by atoms with Crippen molar-refractivity contribution in [2.24, 2.45) is 0 Å². The van der Waals surface area contributed by atoms with E-state index in [9.17, 15) is 0 Å². The number of methoxy groups -OCH3 is 1. The lowest BCUT2D eigenvalue weighted by Gasteiger charge is -2.10. The van der Waals surface area contributed by atoms with E-state index < -0.39 is 0 Å². The molecule has 0 unspecified atom stereocenters. The van der Waals surface area contributed by atoms with Crippen molar-refractivity contribution in [1.82, 2.24) is 0 Å². The van der Waals surface area contributed by atoms with E-state index in [-0.39, 0.29) is 0 Å². The molecule has 5 heteroatoms. The molecule has 0 radical (unpaired) electrons. The minimum Gasteiger partial charge on any atom is -0.382 e. The molecular weight excluding hydrogens is 310 g/mol. The number of anilines is 1. The van der Waals surface area contributed by atoms with E-state index in [1.54, 1.807) is 7.11 Å². The van der Waals surface area contributed by atoms with Crippen LogP contribution < -0.4 is 5.32 Å². The number of nitrogens with one attached hydrogen (secondary N) is 1. The fourth-order valence-corrected chi connectivity index (χ4v) is 1.87. The molecule has 0 amide bonds. The van der Waals surface area contributed by atoms with Gasteiger partial charge in [0, 0.05) is 23.8 Å². The van der Waals surface area contributed by atoms with Gasteiger partial charge in [-0.15, -0.1) is 0 Å². The van der Waals surface area contributed by atoms with Crippen LogP contribution in [-0.2, 0) is 14.2 Å². The molecule has 108 valence electrons. The van der Waals surface area contributed by atoms with Crippen molar-refractivity contribution in [2.75, 3.05) is 52.0 Å². The Bertz CT molecular complexity index is 361. The topological polar surface area (TPSA) is 39.7 Å². The molecule has 4 nitrogen and oxygen atoms in total. The van der Waals surface area contributed by atoms with Gasteiger partial charge in [-0.05, 0) is 24.6 Å². The molecule has 0 aliphatic rings. The van der Waals surface area contributed by atoms with Gasteiger partial charge in [0.15, 0.2) is 0 Å². The molecule has 0 bridgehead atoms. The average molecular weight is 332 g/mol. The molecule has 0 atom stereocenters. The molecule has 0 saturated carbocycles. The van der Waals surface area contributed by atoms with Gasteiger partial charge in [0.1, 0.15) is 0 Å². The number of halogens is 1. The minimum absolute atomic E-state index is 0.610. The lowest BCUT2D eigenvalue weighted by molar-refractivity contribution is 0.0272. The zero-order chi connectivity index (χ0) is 13.9. The van der Waals surface area contributed by atoms with Gasteiger partial charge < -0.3 is 19.5 Å². The van der Waals surface area contributed by atoms with Crippen molar-refractivity contribution in [3.8, 4) is 0 Å². The van der Waals surface area contributed by atoms with E-state index in [2.05, 4.69) is 40.3 Å². The summed E-state index contributed by atoms with van der Waals surface area (Å²) < 4.78 is 16.7. The molecule has 1 N–H and O–H groups in total. The molecule has 0 aliphatic carbocycles. The standard InChI is InChI=1S/C14H22BrNO3/c1-12-3-4-13(15)11-14(12)16-5-6-18-9-10-19-8-7-17-2/h3-4,11,16H,5-10H2,1-2H3. The van der Waals surface area contributed by atoms with E-state index >= 15 is 0 Å². The number of benzene rings is 1. The maximum atomic E-state index is 5.47. The number of rotatable bonds is 10. The largest absolute Gasteiger partial charge is 0.382 e. The lowest BCUT2D eigenvalue weighted by Crippen LogP contribution is -2.14. The van der Waals surface area contributed by atoms with E-state index in [1.807, 2.05) is 6.07 Å². The molecule has 1 aromatic carbocycles. The third-order valence-electron chi connectivity index (χ3n) is 2.57. The molecule has 19 heavy (non-hydrogen) atoms. The summed E-state index contributed by atoms with van der Waals surface area (Å²) >= 11 is 3.46. The summed E-state index contributed by atoms with van der Waals surface area (Å²) in [5.41, 5.74) is 2.36. The van der Waals surface area contributed by atoms with Crippen molar-refractivity contribution in [3.63, 3.8) is 0 Å². The summed E-state index contributed by atoms with van der Waals surface area (Å²) in [6.07, 6.45) is 0. The van der Waals surface area contributed by atoms with Crippen LogP contribution in [0.3, 0.4) is 0 Å². The van der Waals surface area contributed by atoms with Gasteiger partial charge in [-0.3, -0.25) is 0 Å². The Balaban J connectivity index is 2.03. The van der Waals surface area contributed by atoms with Crippen molar-refractivity contribution in [2.45, 2.75) is 6.92 Å². The van der Waals surface area contributed by atoms with Crippen LogP contribution >= 0.6 is 15.9 Å². The SMILES string of the molecule is COCCOCCOCCNc1cc(Br)ccc1C. The predicted molar refractivity (Wildman–Crippen MR) is 80.9 cm³/mol. The molecule has 0 aliphatic heterocycles. The Hall–Kier alpha value is -0.620. The summed E-state index contributed by atoms with van der Waals surface area (Å²) in [4.78, 5) is 0. The Kier molecular flexibility index (Phi) is 8.82. The van der Waals surface area contributed by atoms with Gasteiger partial charge >= 0.3 is 0 Å². The third-order valence-corrected chi connectivity index (χ3v) is 3.06. The Morgan fingerprint density at radius 3 is 2.47 bits per heavy atom. The van der Waals surface area contributed by atoms with Crippen LogP contribution in [0.25, 0.3) is 0 Å². The van der Waals surface area contributed by atoms with Crippen molar-refractivity contribution in [3.05, 3.63) is 28.2 Å². The van der Waals surface area contributed by atoms with Gasteiger partial charge in [0.25, 0.3) is 0 Å². The molecule has 0 heterocycles. The molecule has 0 aromatic heterocycles. The summed E-state index contributed by atoms with van der Waals surface area (Å²) in [7, 11) is 1.66. The molecule has 0 spiro atoms. The highest BCUT2D eigenvalue weighted by molar-refractivity contribution is 9.10. The summed E-state index contributed by atoms with van der Waals surface area (Å²) in [6, 6.07) is 6.19. The second-order valence-electron chi connectivity index (χ2n) is 4.10. The first kappa shape index (κ1) is 16.4. The van der Waals surface area contributed by atoms with Crippen LogP contribution in [-0.4, -0.2) is 46.7 Å². The average Bonchev–Trinajstić information content (AvgIpc) is 2.40. The first-order chi connectivity index (χ1) is 9.24. The first-order valence-corrected chi connectivity index (χ1v) is 7.18. The zero-order valence-corrected chi connectivity index (χ0v) is 13.2. The van der Waals surface area contributed by atoms with Crippen molar-refractivity contribution >= 4 is 21.6 Å². The van der Waals surface area contributed by atoms with Gasteiger partial charge in [0.2, 0.25) is 0 Å². The van der Waals surface area contributed by atoms with E-state index in [4.69, 9.17) is 14.2 Å². The molecule has 1 rings (SSSR count). The van der Waals surface area contributed by atoms with Gasteiger partial charge in [-0.25, -0.2) is 0 Å². The normalized spacial score (nSPS) is 10.7. The first-order valence-electron chi connectivity index (χ1n) is 6.38. The molecule has 0 saturated heterocycles. The van der Waals surface area contributed by atoms with Crippen LogP contribution in [0.15, 0.2) is 22.7 Å². The van der Waals surface area contributed by atoms with E-state index in [1.165, 1.54) is 5.56 Å². The summed E-state index contributed by atoms with van der Waals surface area (Å²) in [5, 5.41) is 3.35. The number of hydrogen-bond acceptors (Lipinski definition) is 4. The zero-order valence-electron chi connectivity index (χ0n) is 11.6. The minimum atomic E-state index is 0.610. The van der Waals surface area contributed by atoms with Gasteiger partial charge in [0.05, 0.1) is 33.0 Å². The molecule has 1 aromatic rings. The fraction of sp³-hybridized carbons (Fsp3) is 0.571. The van der Waals surface area contributed by atoms with E-state index in [0.29, 0.717) is 33.0 Å². The van der Waals surface area contributed by atoms with Crippen molar-refractivity contribution in [1.29, 1.82) is 0 Å². The summed E-state index contributed by atoms with van der Waals surface area (Å²) in [5.74, 6) is 0. The third kappa shape index (κ3) is 7.52. The predicted octanol–water partition coefficient (Wildman–Crippen LogP) is 2.85. The highest BCUT2D eigenvalue weighted by atomic mass is 79.9. The van der Waals surface area contributed by atoms with Crippen LogP contribution in [0.1, 0.15) is 5.56 Å². The maximum absolute atomic E-state index is 5.47. The smallest absolute Gasteiger partial charge is 0.0701 e. The number of hydrogen-bond donors (Lipinski definition) is 1. The Morgan fingerprint density at radius 2 is 1.74 bits per heavy atom. The van der Waals surface area contributed by atoms with Gasteiger partial charge in [-0.2, -0.15) is 0 Å². The van der Waals surface area contributed by atoms with E-state index in [0.717, 1.165) is 16.7 Å². The lowest BCUT2D eigenvalue weighted by atomic mass is 10.2. The maximum Gasteiger partial charge on any atom is 0.0701 e. The molecular formula is C14H22BrNO3. The highest BCUT2D eigenvalue weighted by Gasteiger charge is 1.98. The Labute approximate surface area is 123 Å².